The fraction of sp³-hybridized carbons (Fsp3) is 0.438. The summed E-state index contributed by atoms with van der Waals surface area (Å²) < 4.78 is 5.29. The van der Waals surface area contributed by atoms with E-state index in [0.29, 0.717) is 44.4 Å². The van der Waals surface area contributed by atoms with Crippen LogP contribution in [-0.2, 0) is 9.53 Å². The SMILES string of the molecule is O=C(C1CN(c2cnc3cc(Cl)ccc3n2)C1)N1CCOCC1. The minimum Gasteiger partial charge on any atom is -0.378 e. The van der Waals surface area contributed by atoms with Crippen molar-refractivity contribution in [3.63, 3.8) is 0 Å². The Morgan fingerprint density at radius 3 is 2.78 bits per heavy atom. The van der Waals surface area contributed by atoms with Crippen LogP contribution >= 0.6 is 11.6 Å². The second-order valence-electron chi connectivity index (χ2n) is 5.90. The van der Waals surface area contributed by atoms with Crippen LogP contribution in [0.25, 0.3) is 11.0 Å². The van der Waals surface area contributed by atoms with Gasteiger partial charge in [-0.15, -0.1) is 0 Å². The first kappa shape index (κ1) is 14.7. The predicted octanol–water partition coefficient (Wildman–Crippen LogP) is 1.58. The molecule has 0 spiro atoms. The van der Waals surface area contributed by atoms with Gasteiger partial charge < -0.3 is 14.5 Å². The molecule has 3 heterocycles. The fourth-order valence-electron chi connectivity index (χ4n) is 2.99. The standard InChI is InChI=1S/C16H17ClN4O2/c17-12-1-2-13-14(7-12)18-8-15(19-13)21-9-11(10-21)16(22)20-3-5-23-6-4-20/h1-2,7-8,11H,3-6,9-10H2. The molecule has 2 aliphatic rings. The maximum atomic E-state index is 12.4. The van der Waals surface area contributed by atoms with Gasteiger partial charge in [-0.1, -0.05) is 11.6 Å². The van der Waals surface area contributed by atoms with E-state index in [1.54, 1.807) is 12.3 Å². The van der Waals surface area contributed by atoms with Crippen molar-refractivity contribution in [2.24, 2.45) is 5.92 Å². The molecule has 0 bridgehead atoms. The summed E-state index contributed by atoms with van der Waals surface area (Å²) in [6, 6.07) is 5.47. The normalized spacial score (nSPS) is 19.0. The third kappa shape index (κ3) is 2.84. The molecule has 2 saturated heterocycles. The quantitative estimate of drug-likeness (QED) is 0.835. The number of morpholine rings is 1. The number of hydrogen-bond donors (Lipinski definition) is 0. The molecule has 0 unspecified atom stereocenters. The van der Waals surface area contributed by atoms with Crippen LogP contribution in [0.3, 0.4) is 0 Å². The number of ether oxygens (including phenoxy) is 1. The fourth-order valence-corrected chi connectivity index (χ4v) is 3.16. The van der Waals surface area contributed by atoms with Gasteiger partial charge in [-0.2, -0.15) is 0 Å². The van der Waals surface area contributed by atoms with Crippen LogP contribution in [0.2, 0.25) is 5.02 Å². The number of aromatic nitrogens is 2. The van der Waals surface area contributed by atoms with Crippen LogP contribution in [-0.4, -0.2) is 60.2 Å². The summed E-state index contributed by atoms with van der Waals surface area (Å²) in [6.45, 7) is 4.08. The van der Waals surface area contributed by atoms with Crippen molar-refractivity contribution in [3.8, 4) is 0 Å². The van der Waals surface area contributed by atoms with Crippen LogP contribution in [0.15, 0.2) is 24.4 Å². The number of fused-ring (bicyclic) bond motifs is 1. The van der Waals surface area contributed by atoms with Crippen LogP contribution < -0.4 is 4.90 Å². The summed E-state index contributed by atoms with van der Waals surface area (Å²) in [6.07, 6.45) is 1.74. The molecule has 1 aromatic carbocycles. The Hall–Kier alpha value is -1.92. The van der Waals surface area contributed by atoms with Gasteiger partial charge in [-0.25, -0.2) is 4.98 Å². The van der Waals surface area contributed by atoms with Gasteiger partial charge in [0.05, 0.1) is 36.4 Å². The lowest BCUT2D eigenvalue weighted by Crippen LogP contribution is -2.56. The van der Waals surface area contributed by atoms with E-state index < -0.39 is 0 Å². The molecule has 7 heteroatoms. The Balaban J connectivity index is 1.43. The summed E-state index contributed by atoms with van der Waals surface area (Å²) in [7, 11) is 0. The van der Waals surface area contributed by atoms with E-state index in [9.17, 15) is 4.79 Å². The Bertz CT molecular complexity index is 742. The van der Waals surface area contributed by atoms with E-state index in [0.717, 1.165) is 16.9 Å². The van der Waals surface area contributed by atoms with Gasteiger partial charge in [0.1, 0.15) is 5.82 Å². The van der Waals surface area contributed by atoms with Gasteiger partial charge in [0.2, 0.25) is 5.91 Å². The van der Waals surface area contributed by atoms with Crippen molar-refractivity contribution in [1.29, 1.82) is 0 Å². The zero-order valence-corrected chi connectivity index (χ0v) is 13.4. The molecular weight excluding hydrogens is 316 g/mol. The van der Waals surface area contributed by atoms with Gasteiger partial charge in [0, 0.05) is 31.2 Å². The largest absolute Gasteiger partial charge is 0.378 e. The molecule has 6 nitrogen and oxygen atoms in total. The predicted molar refractivity (Wildman–Crippen MR) is 87.7 cm³/mol. The molecule has 0 saturated carbocycles. The number of benzene rings is 1. The second-order valence-corrected chi connectivity index (χ2v) is 6.34. The number of nitrogens with zero attached hydrogens (tertiary/aromatic N) is 4. The van der Waals surface area contributed by atoms with Crippen LogP contribution in [0.4, 0.5) is 5.82 Å². The molecule has 0 aliphatic carbocycles. The van der Waals surface area contributed by atoms with Gasteiger partial charge in [-0.3, -0.25) is 9.78 Å². The minimum atomic E-state index is 0.0517. The lowest BCUT2D eigenvalue weighted by molar-refractivity contribution is -0.140. The molecule has 0 N–H and O–H groups in total. The van der Waals surface area contributed by atoms with Crippen molar-refractivity contribution >= 4 is 34.4 Å². The Morgan fingerprint density at radius 1 is 1.22 bits per heavy atom. The highest BCUT2D eigenvalue weighted by Crippen LogP contribution is 2.26. The van der Waals surface area contributed by atoms with E-state index in [-0.39, 0.29) is 11.8 Å². The molecule has 1 aromatic heterocycles. The van der Waals surface area contributed by atoms with Crippen LogP contribution in [0.5, 0.6) is 0 Å². The molecule has 2 aromatic rings. The van der Waals surface area contributed by atoms with Crippen molar-refractivity contribution in [2.75, 3.05) is 44.3 Å². The van der Waals surface area contributed by atoms with Gasteiger partial charge in [0.15, 0.2) is 0 Å². The Labute approximate surface area is 139 Å². The first-order valence-corrected chi connectivity index (χ1v) is 8.12. The summed E-state index contributed by atoms with van der Waals surface area (Å²) in [5, 5.41) is 0.652. The Morgan fingerprint density at radius 2 is 2.00 bits per heavy atom. The monoisotopic (exact) mass is 332 g/mol. The van der Waals surface area contributed by atoms with E-state index in [4.69, 9.17) is 16.3 Å². The maximum Gasteiger partial charge on any atom is 0.229 e. The number of halogens is 1. The third-order valence-electron chi connectivity index (χ3n) is 4.37. The lowest BCUT2D eigenvalue weighted by Gasteiger charge is -2.41. The van der Waals surface area contributed by atoms with Crippen LogP contribution in [0, 0.1) is 5.92 Å². The summed E-state index contributed by atoms with van der Waals surface area (Å²) in [4.78, 5) is 25.4. The number of amides is 1. The molecule has 120 valence electrons. The van der Waals surface area contributed by atoms with Gasteiger partial charge in [0.25, 0.3) is 0 Å². The van der Waals surface area contributed by atoms with Gasteiger partial charge >= 0.3 is 0 Å². The van der Waals surface area contributed by atoms with E-state index in [1.165, 1.54) is 0 Å². The number of rotatable bonds is 2. The van der Waals surface area contributed by atoms with Crippen molar-refractivity contribution in [2.45, 2.75) is 0 Å². The van der Waals surface area contributed by atoms with Gasteiger partial charge in [-0.05, 0) is 18.2 Å². The summed E-state index contributed by atoms with van der Waals surface area (Å²) in [5.41, 5.74) is 1.59. The highest BCUT2D eigenvalue weighted by molar-refractivity contribution is 6.31. The molecule has 0 radical (unpaired) electrons. The summed E-state index contributed by atoms with van der Waals surface area (Å²) in [5.74, 6) is 1.09. The third-order valence-corrected chi connectivity index (χ3v) is 4.60. The molecule has 0 atom stereocenters. The highest BCUT2D eigenvalue weighted by Gasteiger charge is 2.36. The van der Waals surface area contributed by atoms with E-state index in [1.807, 2.05) is 17.0 Å². The van der Waals surface area contributed by atoms with Crippen molar-refractivity contribution in [1.82, 2.24) is 14.9 Å². The lowest BCUT2D eigenvalue weighted by atomic mass is 9.98. The molecule has 2 fully saturated rings. The van der Waals surface area contributed by atoms with Crippen molar-refractivity contribution < 1.29 is 9.53 Å². The zero-order chi connectivity index (χ0) is 15.8. The molecule has 23 heavy (non-hydrogen) atoms. The van der Waals surface area contributed by atoms with Crippen LogP contribution in [0.1, 0.15) is 0 Å². The molecular formula is C16H17ClN4O2. The Kier molecular flexibility index (Phi) is 3.79. The summed E-state index contributed by atoms with van der Waals surface area (Å²) >= 11 is 5.96. The number of anilines is 1. The smallest absolute Gasteiger partial charge is 0.229 e. The average Bonchev–Trinajstić information content (AvgIpc) is 2.54. The molecule has 2 aliphatic heterocycles. The number of carbonyl (C=O) groups is 1. The topological polar surface area (TPSA) is 58.6 Å². The highest BCUT2D eigenvalue weighted by atomic mass is 35.5. The maximum absolute atomic E-state index is 12.4. The number of carbonyl (C=O) groups excluding carboxylic acids is 1. The first-order valence-electron chi connectivity index (χ1n) is 7.74. The zero-order valence-electron chi connectivity index (χ0n) is 12.6. The minimum absolute atomic E-state index is 0.0517. The van der Waals surface area contributed by atoms with E-state index >= 15 is 0 Å². The average molecular weight is 333 g/mol. The number of hydrogen-bond acceptors (Lipinski definition) is 5. The first-order chi connectivity index (χ1) is 11.2. The molecule has 1 amide bonds. The van der Waals surface area contributed by atoms with E-state index in [2.05, 4.69) is 14.9 Å². The molecule has 4 rings (SSSR count). The van der Waals surface area contributed by atoms with Crippen molar-refractivity contribution in [3.05, 3.63) is 29.4 Å². The second kappa shape index (κ2) is 5.94.